The molecule has 1 saturated carbocycles. The fraction of sp³-hybridized carbons (Fsp3) is 0.667. The minimum atomic E-state index is -0.460. The van der Waals surface area contributed by atoms with E-state index in [1.807, 2.05) is 32.9 Å². The van der Waals surface area contributed by atoms with Crippen molar-refractivity contribution in [1.82, 2.24) is 10.2 Å². The molecular formula is C21H31ClN2O3. The summed E-state index contributed by atoms with van der Waals surface area (Å²) >= 11 is 6.38. The Bertz CT molecular complexity index is 647. The van der Waals surface area contributed by atoms with Crippen LogP contribution in [-0.4, -0.2) is 42.3 Å². The number of carbonyl (C=O) groups excluding carboxylic acids is 1. The molecule has 1 aromatic carbocycles. The molecule has 1 amide bonds. The van der Waals surface area contributed by atoms with E-state index in [2.05, 4.69) is 16.3 Å². The second-order valence-electron chi connectivity index (χ2n) is 8.72. The molecule has 150 valence electrons. The van der Waals surface area contributed by atoms with Gasteiger partial charge < -0.3 is 14.8 Å². The van der Waals surface area contributed by atoms with E-state index < -0.39 is 5.60 Å². The maximum Gasteiger partial charge on any atom is 0.407 e. The predicted molar refractivity (Wildman–Crippen MR) is 107 cm³/mol. The molecule has 1 heterocycles. The number of nitrogens with one attached hydrogen (secondary N) is 1. The van der Waals surface area contributed by atoms with Gasteiger partial charge in [0.05, 0.1) is 11.6 Å². The summed E-state index contributed by atoms with van der Waals surface area (Å²) in [5.41, 5.74) is 0.732. The van der Waals surface area contributed by atoms with Gasteiger partial charge in [0.15, 0.2) is 0 Å². The summed E-state index contributed by atoms with van der Waals surface area (Å²) in [5.74, 6) is 1.50. The molecule has 6 heteroatoms. The Kier molecular flexibility index (Phi) is 6.53. The molecule has 5 nitrogen and oxygen atoms in total. The minimum absolute atomic E-state index is 0.179. The quantitative estimate of drug-likeness (QED) is 0.764. The predicted octanol–water partition coefficient (Wildman–Crippen LogP) is 4.62. The normalized spacial score (nSPS) is 19.0. The number of benzene rings is 1. The van der Waals surface area contributed by atoms with Gasteiger partial charge in [-0.05, 0) is 70.1 Å². The van der Waals surface area contributed by atoms with Crippen LogP contribution in [0.2, 0.25) is 5.02 Å². The summed E-state index contributed by atoms with van der Waals surface area (Å²) in [6.45, 7) is 9.16. The molecule has 0 atom stereocenters. The lowest BCUT2D eigenvalue weighted by molar-refractivity contribution is 0.0477. The lowest BCUT2D eigenvalue weighted by Crippen LogP contribution is -2.45. The average molecular weight is 395 g/mol. The lowest BCUT2D eigenvalue weighted by atomic mass is 10.0. The molecular weight excluding hydrogens is 364 g/mol. The van der Waals surface area contributed by atoms with Crippen LogP contribution in [0.1, 0.15) is 52.0 Å². The molecule has 2 aliphatic rings. The third-order valence-corrected chi connectivity index (χ3v) is 5.18. The molecule has 0 unspecified atom stereocenters. The minimum Gasteiger partial charge on any atom is -0.492 e. The van der Waals surface area contributed by atoms with Gasteiger partial charge >= 0.3 is 6.09 Å². The van der Waals surface area contributed by atoms with Crippen molar-refractivity contribution in [3.8, 4) is 5.75 Å². The largest absolute Gasteiger partial charge is 0.492 e. The van der Waals surface area contributed by atoms with Crippen LogP contribution in [0, 0.1) is 5.92 Å². The lowest BCUT2D eigenvalue weighted by Gasteiger charge is -2.32. The van der Waals surface area contributed by atoms with Crippen molar-refractivity contribution < 1.29 is 14.3 Å². The summed E-state index contributed by atoms with van der Waals surface area (Å²) in [5, 5.41) is 3.67. The van der Waals surface area contributed by atoms with E-state index in [4.69, 9.17) is 21.1 Å². The van der Waals surface area contributed by atoms with Crippen molar-refractivity contribution in [3.05, 3.63) is 28.8 Å². The number of amides is 1. The molecule has 1 aromatic rings. The van der Waals surface area contributed by atoms with Crippen molar-refractivity contribution in [2.75, 3.05) is 19.7 Å². The monoisotopic (exact) mass is 394 g/mol. The van der Waals surface area contributed by atoms with Gasteiger partial charge in [-0.15, -0.1) is 0 Å². The number of halogens is 1. The number of hydrogen-bond acceptors (Lipinski definition) is 4. The molecule has 1 aliphatic heterocycles. The van der Waals surface area contributed by atoms with Crippen molar-refractivity contribution in [1.29, 1.82) is 0 Å². The van der Waals surface area contributed by atoms with Gasteiger partial charge in [-0.25, -0.2) is 4.79 Å². The first kappa shape index (κ1) is 20.3. The van der Waals surface area contributed by atoms with Gasteiger partial charge in [0.2, 0.25) is 0 Å². The van der Waals surface area contributed by atoms with Crippen LogP contribution in [0.5, 0.6) is 5.75 Å². The number of likely N-dealkylation sites (tertiary alicyclic amines) is 1. The SMILES string of the molecule is CC(C)(C)OC(=O)NC1CCN(Cc2ccc(OCC3CC3)c(Cl)c2)CC1. The van der Waals surface area contributed by atoms with E-state index in [9.17, 15) is 4.79 Å². The first-order chi connectivity index (χ1) is 12.8. The van der Waals surface area contributed by atoms with E-state index in [1.54, 1.807) is 0 Å². The third kappa shape index (κ3) is 6.89. The Morgan fingerprint density at radius 3 is 2.52 bits per heavy atom. The summed E-state index contributed by atoms with van der Waals surface area (Å²) in [7, 11) is 0. The van der Waals surface area contributed by atoms with Gasteiger partial charge in [0.25, 0.3) is 0 Å². The van der Waals surface area contributed by atoms with Crippen LogP contribution in [0.4, 0.5) is 4.79 Å². The zero-order valence-corrected chi connectivity index (χ0v) is 17.3. The third-order valence-electron chi connectivity index (χ3n) is 4.88. The van der Waals surface area contributed by atoms with Crippen molar-refractivity contribution in [3.63, 3.8) is 0 Å². The molecule has 3 rings (SSSR count). The number of hydrogen-bond donors (Lipinski definition) is 1. The van der Waals surface area contributed by atoms with Gasteiger partial charge in [-0.2, -0.15) is 0 Å². The zero-order chi connectivity index (χ0) is 19.4. The highest BCUT2D eigenvalue weighted by Crippen LogP contribution is 2.32. The Morgan fingerprint density at radius 2 is 1.93 bits per heavy atom. The maximum atomic E-state index is 11.9. The maximum absolute atomic E-state index is 11.9. The highest BCUT2D eigenvalue weighted by Gasteiger charge is 2.24. The molecule has 1 aliphatic carbocycles. The Labute approximate surface area is 167 Å². The highest BCUT2D eigenvalue weighted by molar-refractivity contribution is 6.32. The first-order valence-corrected chi connectivity index (χ1v) is 10.3. The Morgan fingerprint density at radius 1 is 1.22 bits per heavy atom. The second-order valence-corrected chi connectivity index (χ2v) is 9.12. The van der Waals surface area contributed by atoms with Gasteiger partial charge in [0.1, 0.15) is 11.4 Å². The number of rotatable bonds is 6. The van der Waals surface area contributed by atoms with E-state index in [0.717, 1.165) is 50.8 Å². The van der Waals surface area contributed by atoms with Crippen molar-refractivity contribution in [2.24, 2.45) is 5.92 Å². The van der Waals surface area contributed by atoms with Crippen LogP contribution < -0.4 is 10.1 Å². The van der Waals surface area contributed by atoms with Crippen LogP contribution in [0.3, 0.4) is 0 Å². The van der Waals surface area contributed by atoms with Crippen molar-refractivity contribution >= 4 is 17.7 Å². The summed E-state index contributed by atoms with van der Waals surface area (Å²) in [6, 6.07) is 6.27. The van der Waals surface area contributed by atoms with E-state index >= 15 is 0 Å². The standard InChI is InChI=1S/C21H31ClN2O3/c1-21(2,3)27-20(25)23-17-8-10-24(11-9-17)13-16-6-7-19(18(22)12-16)26-14-15-4-5-15/h6-7,12,15,17H,4-5,8-11,13-14H2,1-3H3,(H,23,25). The number of nitrogens with zero attached hydrogens (tertiary/aromatic N) is 1. The molecule has 0 radical (unpaired) electrons. The van der Waals surface area contributed by atoms with E-state index in [0.29, 0.717) is 5.02 Å². The summed E-state index contributed by atoms with van der Waals surface area (Å²) in [4.78, 5) is 14.3. The van der Waals surface area contributed by atoms with Crippen LogP contribution in [0.15, 0.2) is 18.2 Å². The van der Waals surface area contributed by atoms with Crippen LogP contribution in [0.25, 0.3) is 0 Å². The molecule has 1 saturated heterocycles. The number of piperidine rings is 1. The van der Waals surface area contributed by atoms with Crippen molar-refractivity contribution in [2.45, 2.75) is 64.6 Å². The molecule has 2 fully saturated rings. The topological polar surface area (TPSA) is 50.8 Å². The van der Waals surface area contributed by atoms with Crippen LogP contribution in [-0.2, 0) is 11.3 Å². The van der Waals surface area contributed by atoms with E-state index in [-0.39, 0.29) is 12.1 Å². The Hall–Kier alpha value is -1.46. The van der Waals surface area contributed by atoms with Gasteiger partial charge in [-0.3, -0.25) is 4.90 Å². The molecule has 0 aromatic heterocycles. The molecule has 1 N–H and O–H groups in total. The summed E-state index contributed by atoms with van der Waals surface area (Å²) < 4.78 is 11.1. The zero-order valence-electron chi connectivity index (χ0n) is 16.6. The first-order valence-electron chi connectivity index (χ1n) is 9.91. The smallest absolute Gasteiger partial charge is 0.407 e. The fourth-order valence-corrected chi connectivity index (χ4v) is 3.48. The molecule has 27 heavy (non-hydrogen) atoms. The number of ether oxygens (including phenoxy) is 2. The average Bonchev–Trinajstić information content (AvgIpc) is 3.38. The highest BCUT2D eigenvalue weighted by atomic mass is 35.5. The second kappa shape index (κ2) is 8.70. The van der Waals surface area contributed by atoms with E-state index in [1.165, 1.54) is 18.4 Å². The van der Waals surface area contributed by atoms with Gasteiger partial charge in [-0.1, -0.05) is 17.7 Å². The fourth-order valence-electron chi connectivity index (χ4n) is 3.22. The summed E-state index contributed by atoms with van der Waals surface area (Å²) in [6.07, 6.45) is 4.07. The molecule has 0 spiro atoms. The Balaban J connectivity index is 1.42. The number of carbonyl (C=O) groups is 1. The molecule has 0 bridgehead atoms. The number of alkyl carbamates (subject to hydrolysis) is 1. The van der Waals surface area contributed by atoms with Gasteiger partial charge in [0, 0.05) is 25.7 Å². The van der Waals surface area contributed by atoms with Crippen LogP contribution >= 0.6 is 11.6 Å².